The lowest BCUT2D eigenvalue weighted by atomic mass is 10.0. The SMILES string of the molecule is Cc1ccccc1C(C)NC(=O)NCCC(O)c1ccccc1. The molecule has 0 saturated carbocycles. The second-order valence-corrected chi connectivity index (χ2v) is 5.69. The van der Waals surface area contributed by atoms with Crippen molar-refractivity contribution >= 4 is 6.03 Å². The van der Waals surface area contributed by atoms with Gasteiger partial charge in [-0.2, -0.15) is 0 Å². The summed E-state index contributed by atoms with van der Waals surface area (Å²) in [6.45, 7) is 4.41. The lowest BCUT2D eigenvalue weighted by Crippen LogP contribution is -2.38. The molecule has 2 amide bonds. The molecule has 0 fully saturated rings. The molecule has 0 bridgehead atoms. The molecule has 0 aliphatic rings. The lowest BCUT2D eigenvalue weighted by molar-refractivity contribution is 0.166. The number of nitrogens with one attached hydrogen (secondary N) is 2. The van der Waals surface area contributed by atoms with Crippen LogP contribution in [0.3, 0.4) is 0 Å². The minimum absolute atomic E-state index is 0.0600. The van der Waals surface area contributed by atoms with Gasteiger partial charge in [0.2, 0.25) is 0 Å². The number of carbonyl (C=O) groups is 1. The average Bonchev–Trinajstić information content (AvgIpc) is 2.55. The second kappa shape index (κ2) is 8.34. The summed E-state index contributed by atoms with van der Waals surface area (Å²) < 4.78 is 0. The van der Waals surface area contributed by atoms with Gasteiger partial charge in [0.1, 0.15) is 0 Å². The Kier molecular flexibility index (Phi) is 6.18. The van der Waals surface area contributed by atoms with E-state index >= 15 is 0 Å². The molecule has 2 aromatic carbocycles. The summed E-state index contributed by atoms with van der Waals surface area (Å²) >= 11 is 0. The zero-order valence-electron chi connectivity index (χ0n) is 13.6. The Labute approximate surface area is 137 Å². The van der Waals surface area contributed by atoms with Gasteiger partial charge in [0.05, 0.1) is 12.1 Å². The summed E-state index contributed by atoms with van der Waals surface area (Å²) in [5, 5.41) is 15.8. The number of benzene rings is 2. The molecule has 2 rings (SSSR count). The van der Waals surface area contributed by atoms with Crippen LogP contribution in [0.2, 0.25) is 0 Å². The zero-order chi connectivity index (χ0) is 16.7. The van der Waals surface area contributed by atoms with Crippen molar-refractivity contribution < 1.29 is 9.90 Å². The maximum absolute atomic E-state index is 12.0. The van der Waals surface area contributed by atoms with E-state index in [9.17, 15) is 9.90 Å². The number of aliphatic hydroxyl groups excluding tert-OH is 1. The van der Waals surface area contributed by atoms with Crippen LogP contribution in [0.15, 0.2) is 54.6 Å². The van der Waals surface area contributed by atoms with Crippen molar-refractivity contribution in [2.75, 3.05) is 6.54 Å². The Morgan fingerprint density at radius 2 is 1.74 bits per heavy atom. The first-order chi connectivity index (χ1) is 11.1. The molecule has 4 nitrogen and oxygen atoms in total. The Hall–Kier alpha value is -2.33. The van der Waals surface area contributed by atoms with Crippen molar-refractivity contribution in [1.29, 1.82) is 0 Å². The van der Waals surface area contributed by atoms with E-state index < -0.39 is 6.10 Å². The van der Waals surface area contributed by atoms with Gasteiger partial charge >= 0.3 is 6.03 Å². The van der Waals surface area contributed by atoms with Crippen LogP contribution in [0.25, 0.3) is 0 Å². The van der Waals surface area contributed by atoms with Crippen LogP contribution in [-0.2, 0) is 0 Å². The number of rotatable bonds is 6. The predicted octanol–water partition coefficient (Wildman–Crippen LogP) is 3.48. The van der Waals surface area contributed by atoms with Gasteiger partial charge < -0.3 is 15.7 Å². The minimum Gasteiger partial charge on any atom is -0.388 e. The van der Waals surface area contributed by atoms with Gasteiger partial charge in [0.25, 0.3) is 0 Å². The molecule has 3 N–H and O–H groups in total. The number of aryl methyl sites for hydroxylation is 1. The largest absolute Gasteiger partial charge is 0.388 e. The van der Waals surface area contributed by atoms with Crippen LogP contribution >= 0.6 is 0 Å². The number of aliphatic hydroxyl groups is 1. The van der Waals surface area contributed by atoms with Crippen molar-refractivity contribution in [2.45, 2.75) is 32.4 Å². The van der Waals surface area contributed by atoms with Crippen LogP contribution in [0.4, 0.5) is 4.79 Å². The standard InChI is InChI=1S/C19H24N2O2/c1-14-8-6-7-11-17(14)15(2)21-19(23)20-13-12-18(22)16-9-4-3-5-10-16/h3-11,15,18,22H,12-13H2,1-2H3,(H2,20,21,23). The first-order valence-electron chi connectivity index (χ1n) is 7.91. The van der Waals surface area contributed by atoms with E-state index in [1.807, 2.05) is 68.4 Å². The molecule has 0 spiro atoms. The van der Waals surface area contributed by atoms with E-state index in [-0.39, 0.29) is 12.1 Å². The molecule has 0 aromatic heterocycles. The number of carbonyl (C=O) groups excluding carboxylic acids is 1. The molecule has 0 aliphatic heterocycles. The number of urea groups is 1. The molecule has 23 heavy (non-hydrogen) atoms. The predicted molar refractivity (Wildman–Crippen MR) is 92.1 cm³/mol. The highest BCUT2D eigenvalue weighted by Gasteiger charge is 2.12. The highest BCUT2D eigenvalue weighted by atomic mass is 16.3. The summed E-state index contributed by atoms with van der Waals surface area (Å²) in [5.74, 6) is 0. The van der Waals surface area contributed by atoms with Gasteiger partial charge in [-0.05, 0) is 37.0 Å². The van der Waals surface area contributed by atoms with Crippen molar-refractivity contribution in [2.24, 2.45) is 0 Å². The summed E-state index contributed by atoms with van der Waals surface area (Å²) in [4.78, 5) is 12.0. The average molecular weight is 312 g/mol. The summed E-state index contributed by atoms with van der Waals surface area (Å²) in [5.41, 5.74) is 3.12. The molecule has 0 aliphatic carbocycles. The summed E-state index contributed by atoms with van der Waals surface area (Å²) in [6, 6.07) is 17.2. The Morgan fingerprint density at radius 3 is 2.43 bits per heavy atom. The first kappa shape index (κ1) is 17.0. The van der Waals surface area contributed by atoms with Crippen LogP contribution in [0.1, 0.15) is 42.2 Å². The first-order valence-corrected chi connectivity index (χ1v) is 7.91. The maximum Gasteiger partial charge on any atom is 0.315 e. The van der Waals surface area contributed by atoms with Gasteiger partial charge in [-0.3, -0.25) is 0 Å². The Morgan fingerprint density at radius 1 is 1.09 bits per heavy atom. The quantitative estimate of drug-likeness (QED) is 0.765. The molecule has 2 unspecified atom stereocenters. The van der Waals surface area contributed by atoms with Crippen LogP contribution in [0.5, 0.6) is 0 Å². The van der Waals surface area contributed by atoms with Crippen LogP contribution < -0.4 is 10.6 Å². The molecule has 122 valence electrons. The third-order valence-electron chi connectivity index (χ3n) is 3.89. The molecule has 0 saturated heterocycles. The third kappa shape index (κ3) is 5.11. The highest BCUT2D eigenvalue weighted by molar-refractivity contribution is 5.74. The van der Waals surface area contributed by atoms with Crippen molar-refractivity contribution in [3.63, 3.8) is 0 Å². The fraction of sp³-hybridized carbons (Fsp3) is 0.316. The van der Waals surface area contributed by atoms with E-state index in [4.69, 9.17) is 0 Å². The van der Waals surface area contributed by atoms with E-state index in [0.29, 0.717) is 13.0 Å². The molecule has 4 heteroatoms. The van der Waals surface area contributed by atoms with Crippen molar-refractivity contribution in [3.8, 4) is 0 Å². The fourth-order valence-electron chi connectivity index (χ4n) is 2.56. The molecule has 2 aromatic rings. The van der Waals surface area contributed by atoms with Crippen molar-refractivity contribution in [3.05, 3.63) is 71.3 Å². The topological polar surface area (TPSA) is 61.4 Å². The molecule has 0 heterocycles. The van der Waals surface area contributed by atoms with Gasteiger partial charge in [-0.1, -0.05) is 54.6 Å². The molecular weight excluding hydrogens is 288 g/mol. The van der Waals surface area contributed by atoms with E-state index in [1.54, 1.807) is 0 Å². The van der Waals surface area contributed by atoms with Crippen LogP contribution in [-0.4, -0.2) is 17.7 Å². The number of hydrogen-bond donors (Lipinski definition) is 3. The van der Waals surface area contributed by atoms with Gasteiger partial charge in [0.15, 0.2) is 0 Å². The lowest BCUT2D eigenvalue weighted by Gasteiger charge is -2.17. The minimum atomic E-state index is -0.565. The van der Waals surface area contributed by atoms with E-state index in [2.05, 4.69) is 10.6 Å². The maximum atomic E-state index is 12.0. The second-order valence-electron chi connectivity index (χ2n) is 5.69. The Bertz CT molecular complexity index is 628. The van der Waals surface area contributed by atoms with Gasteiger partial charge in [0, 0.05) is 6.54 Å². The molecular formula is C19H24N2O2. The normalized spacial score (nSPS) is 13.2. The highest BCUT2D eigenvalue weighted by Crippen LogP contribution is 2.17. The zero-order valence-corrected chi connectivity index (χ0v) is 13.6. The monoisotopic (exact) mass is 312 g/mol. The van der Waals surface area contributed by atoms with Gasteiger partial charge in [-0.25, -0.2) is 4.79 Å². The molecule has 2 atom stereocenters. The van der Waals surface area contributed by atoms with E-state index in [0.717, 1.165) is 16.7 Å². The van der Waals surface area contributed by atoms with Crippen LogP contribution in [0, 0.1) is 6.92 Å². The third-order valence-corrected chi connectivity index (χ3v) is 3.89. The number of amides is 2. The fourth-order valence-corrected chi connectivity index (χ4v) is 2.56. The Balaban J connectivity index is 1.76. The smallest absolute Gasteiger partial charge is 0.315 e. The van der Waals surface area contributed by atoms with Crippen molar-refractivity contribution in [1.82, 2.24) is 10.6 Å². The summed E-state index contributed by atoms with van der Waals surface area (Å²) in [7, 11) is 0. The number of hydrogen-bond acceptors (Lipinski definition) is 2. The molecule has 0 radical (unpaired) electrons. The van der Waals surface area contributed by atoms with Gasteiger partial charge in [-0.15, -0.1) is 0 Å². The van der Waals surface area contributed by atoms with E-state index in [1.165, 1.54) is 0 Å². The summed E-state index contributed by atoms with van der Waals surface area (Å²) in [6.07, 6.45) is -0.0822.